The zero-order chi connectivity index (χ0) is 19.5. The van der Waals surface area contributed by atoms with Gasteiger partial charge in [-0.15, -0.1) is 0 Å². The molecule has 0 fully saturated rings. The van der Waals surface area contributed by atoms with Gasteiger partial charge in [0.25, 0.3) is 0 Å². The second-order valence-corrected chi connectivity index (χ2v) is 9.67. The minimum absolute atomic E-state index is 0.0301. The molecule has 0 amide bonds. The molecule has 5 rings (SSSR count). The number of ketones is 1. The number of fused-ring (bicyclic) bond motifs is 3. The first-order valence-electron chi connectivity index (χ1n) is 9.60. The molecule has 1 atom stereocenters. The van der Waals surface area contributed by atoms with Crippen LogP contribution in [0.25, 0.3) is 10.9 Å². The van der Waals surface area contributed by atoms with Crippen LogP contribution in [0.1, 0.15) is 43.7 Å². The highest BCUT2D eigenvalue weighted by Gasteiger charge is 2.41. The van der Waals surface area contributed by atoms with Crippen molar-refractivity contribution in [3.63, 3.8) is 0 Å². The van der Waals surface area contributed by atoms with Crippen molar-refractivity contribution in [1.82, 2.24) is 4.98 Å². The molecule has 1 aromatic heterocycles. The van der Waals surface area contributed by atoms with E-state index in [9.17, 15) is 4.79 Å². The number of rotatable bonds is 1. The van der Waals surface area contributed by atoms with Crippen molar-refractivity contribution < 1.29 is 4.79 Å². The van der Waals surface area contributed by atoms with Gasteiger partial charge in [0.05, 0.1) is 11.2 Å². The number of benzene rings is 2. The summed E-state index contributed by atoms with van der Waals surface area (Å²) < 4.78 is 1.19. The monoisotopic (exact) mass is 480 g/mol. The normalized spacial score (nSPS) is 20.5. The number of hydrogen-bond donors (Lipinski definition) is 1. The summed E-state index contributed by atoms with van der Waals surface area (Å²) in [4.78, 5) is 17.8. The van der Waals surface area contributed by atoms with Crippen LogP contribution in [0.3, 0.4) is 0 Å². The first-order valence-corrected chi connectivity index (χ1v) is 10.7. The molecule has 1 unspecified atom stereocenters. The molecule has 140 valence electrons. The maximum Gasteiger partial charge on any atom is 0.162 e. The van der Waals surface area contributed by atoms with Gasteiger partial charge < -0.3 is 5.32 Å². The van der Waals surface area contributed by atoms with Gasteiger partial charge in [-0.3, -0.25) is 9.78 Å². The van der Waals surface area contributed by atoms with Gasteiger partial charge in [-0.25, -0.2) is 0 Å². The Bertz CT molecular complexity index is 1160. The Kier molecular flexibility index (Phi) is 4.09. The van der Waals surface area contributed by atoms with Crippen LogP contribution in [-0.2, 0) is 4.79 Å². The molecule has 3 nitrogen and oxygen atoms in total. The second-order valence-electron chi connectivity index (χ2n) is 8.51. The molecule has 0 spiro atoms. The van der Waals surface area contributed by atoms with E-state index < -0.39 is 0 Å². The Hall–Kier alpha value is -2.21. The largest absolute Gasteiger partial charge is 0.358 e. The van der Waals surface area contributed by atoms with E-state index >= 15 is 0 Å². The lowest BCUT2D eigenvalue weighted by molar-refractivity contribution is -0.118. The number of hydrogen-bond acceptors (Lipinski definition) is 3. The van der Waals surface area contributed by atoms with E-state index in [1.807, 2.05) is 12.3 Å². The third kappa shape index (κ3) is 2.77. The molecule has 28 heavy (non-hydrogen) atoms. The van der Waals surface area contributed by atoms with Gasteiger partial charge >= 0.3 is 0 Å². The number of allylic oxidation sites excluding steroid dienone is 2. The van der Waals surface area contributed by atoms with E-state index in [1.165, 1.54) is 9.13 Å². The lowest BCUT2D eigenvalue weighted by atomic mass is 9.68. The summed E-state index contributed by atoms with van der Waals surface area (Å²) in [5.41, 5.74) is 6.43. The van der Waals surface area contributed by atoms with Crippen LogP contribution in [0.2, 0.25) is 0 Å². The highest BCUT2D eigenvalue weighted by atomic mass is 127. The molecule has 3 aromatic rings. The van der Waals surface area contributed by atoms with Crippen molar-refractivity contribution in [2.45, 2.75) is 32.6 Å². The SMILES string of the molecule is CC1(C)CC(=O)C2=C(C1)Nc1c(ccc3ncccc13)C2c1ccccc1I. The summed E-state index contributed by atoms with van der Waals surface area (Å²) in [5, 5.41) is 4.77. The first kappa shape index (κ1) is 17.9. The standard InChI is InChI=1S/C24H21IN2O/c1-24(2)12-19-22(20(28)13-24)21(14-6-3-4-8-17(14)25)16-9-10-18-15(23(16)27-19)7-5-11-26-18/h3-11,21,27H,12-13H2,1-2H3. The van der Waals surface area contributed by atoms with E-state index in [2.05, 4.69) is 89.2 Å². The zero-order valence-corrected chi connectivity index (χ0v) is 18.1. The highest BCUT2D eigenvalue weighted by molar-refractivity contribution is 14.1. The topological polar surface area (TPSA) is 42.0 Å². The number of aromatic nitrogens is 1. The first-order chi connectivity index (χ1) is 13.4. The van der Waals surface area contributed by atoms with Crippen molar-refractivity contribution in [2.75, 3.05) is 5.32 Å². The average molecular weight is 480 g/mol. The van der Waals surface area contributed by atoms with E-state index in [0.29, 0.717) is 6.42 Å². The number of nitrogens with one attached hydrogen (secondary N) is 1. The number of Topliss-reactive ketones (excluding diaryl/α,β-unsaturated/α-hetero) is 1. The van der Waals surface area contributed by atoms with Gasteiger partial charge in [-0.05, 0) is 69.8 Å². The van der Waals surface area contributed by atoms with Crippen LogP contribution in [0, 0.1) is 8.99 Å². The summed E-state index contributed by atoms with van der Waals surface area (Å²) in [6.07, 6.45) is 3.30. The van der Waals surface area contributed by atoms with Crippen LogP contribution >= 0.6 is 22.6 Å². The van der Waals surface area contributed by atoms with E-state index in [4.69, 9.17) is 0 Å². The number of halogens is 1. The summed E-state index contributed by atoms with van der Waals surface area (Å²) in [7, 11) is 0. The maximum absolute atomic E-state index is 13.3. The highest BCUT2D eigenvalue weighted by Crippen LogP contribution is 2.50. The fraction of sp³-hybridized carbons (Fsp3) is 0.250. The lowest BCUT2D eigenvalue weighted by Gasteiger charge is -2.40. The molecule has 2 heterocycles. The lowest BCUT2D eigenvalue weighted by Crippen LogP contribution is -2.34. The van der Waals surface area contributed by atoms with E-state index in [0.717, 1.165) is 39.8 Å². The Balaban J connectivity index is 1.82. The van der Waals surface area contributed by atoms with Gasteiger partial charge in [0.1, 0.15) is 0 Å². The molecular weight excluding hydrogens is 459 g/mol. The third-order valence-corrected chi connectivity index (χ3v) is 6.81. The van der Waals surface area contributed by atoms with Gasteiger partial charge in [-0.2, -0.15) is 0 Å². The molecular formula is C24H21IN2O. The molecule has 2 aromatic carbocycles. The fourth-order valence-corrected chi connectivity index (χ4v) is 5.37. The summed E-state index contributed by atoms with van der Waals surface area (Å²) in [5.74, 6) is 0.230. The van der Waals surface area contributed by atoms with Gasteiger partial charge in [0.2, 0.25) is 0 Å². The molecule has 4 heteroatoms. The molecule has 1 N–H and O–H groups in total. The molecule has 0 saturated carbocycles. The predicted octanol–water partition coefficient (Wildman–Crippen LogP) is 6.04. The minimum atomic E-state index is -0.0347. The average Bonchev–Trinajstić information content (AvgIpc) is 2.66. The van der Waals surface area contributed by atoms with Gasteiger partial charge in [-0.1, -0.05) is 38.1 Å². The molecule has 2 aliphatic rings. The van der Waals surface area contributed by atoms with Crippen LogP contribution in [0.15, 0.2) is 66.0 Å². The molecule has 1 aliphatic heterocycles. The van der Waals surface area contributed by atoms with Crippen LogP contribution in [0.4, 0.5) is 5.69 Å². The van der Waals surface area contributed by atoms with E-state index in [1.54, 1.807) is 0 Å². The second kappa shape index (κ2) is 6.41. The number of pyridine rings is 1. The van der Waals surface area contributed by atoms with Crippen molar-refractivity contribution in [3.8, 4) is 0 Å². The summed E-state index contributed by atoms with van der Waals surface area (Å²) >= 11 is 2.39. The van der Waals surface area contributed by atoms with Crippen molar-refractivity contribution in [1.29, 1.82) is 0 Å². The van der Waals surface area contributed by atoms with Crippen LogP contribution < -0.4 is 5.32 Å². The predicted molar refractivity (Wildman–Crippen MR) is 121 cm³/mol. The Morgan fingerprint density at radius 1 is 1.04 bits per heavy atom. The third-order valence-electron chi connectivity index (χ3n) is 5.83. The molecule has 0 bridgehead atoms. The van der Waals surface area contributed by atoms with Crippen molar-refractivity contribution in [3.05, 3.63) is 80.7 Å². The summed E-state index contributed by atoms with van der Waals surface area (Å²) in [6.45, 7) is 4.36. The smallest absolute Gasteiger partial charge is 0.162 e. The van der Waals surface area contributed by atoms with Crippen LogP contribution in [-0.4, -0.2) is 10.8 Å². The maximum atomic E-state index is 13.3. The quantitative estimate of drug-likeness (QED) is 0.432. The molecule has 0 radical (unpaired) electrons. The number of anilines is 1. The van der Waals surface area contributed by atoms with Gasteiger partial charge in [0.15, 0.2) is 5.78 Å². The molecule has 1 aliphatic carbocycles. The Morgan fingerprint density at radius 3 is 2.68 bits per heavy atom. The fourth-order valence-electron chi connectivity index (χ4n) is 4.67. The Morgan fingerprint density at radius 2 is 1.86 bits per heavy atom. The Labute approximate surface area is 178 Å². The number of carbonyl (C=O) groups is 1. The summed E-state index contributed by atoms with van der Waals surface area (Å²) in [6, 6.07) is 16.7. The number of nitrogens with zero attached hydrogens (tertiary/aromatic N) is 1. The minimum Gasteiger partial charge on any atom is -0.358 e. The van der Waals surface area contributed by atoms with Crippen LogP contribution in [0.5, 0.6) is 0 Å². The van der Waals surface area contributed by atoms with Gasteiger partial charge in [0, 0.05) is 38.8 Å². The van der Waals surface area contributed by atoms with E-state index in [-0.39, 0.29) is 17.1 Å². The van der Waals surface area contributed by atoms with Crippen molar-refractivity contribution in [2.24, 2.45) is 5.41 Å². The number of carbonyl (C=O) groups excluding carboxylic acids is 1. The molecule has 0 saturated heterocycles. The van der Waals surface area contributed by atoms with Crippen molar-refractivity contribution >= 4 is 45.0 Å². The zero-order valence-electron chi connectivity index (χ0n) is 15.9.